The predicted octanol–water partition coefficient (Wildman–Crippen LogP) is 7.60. The first-order valence-corrected chi connectivity index (χ1v) is 12.9. The van der Waals surface area contributed by atoms with E-state index in [1.54, 1.807) is 11.3 Å². The number of thiazole rings is 1. The van der Waals surface area contributed by atoms with Gasteiger partial charge in [-0.25, -0.2) is 4.98 Å². The largest absolute Gasteiger partial charge is 0.493 e. The molecule has 0 aliphatic carbocycles. The topological polar surface area (TPSA) is 51.4 Å². The van der Waals surface area contributed by atoms with Crippen molar-refractivity contribution in [1.29, 1.82) is 0 Å². The smallest absolute Gasteiger partial charge is 0.204 e. The van der Waals surface area contributed by atoms with Crippen LogP contribution in [0.2, 0.25) is 0 Å². The normalized spacial score (nSPS) is 11.8. The second-order valence-electron chi connectivity index (χ2n) is 9.05. The quantitative estimate of drug-likeness (QED) is 0.134. The average molecular weight is 483 g/mol. The molecule has 3 aromatic carbocycles. The van der Waals surface area contributed by atoms with E-state index < -0.39 is 0 Å². The molecule has 2 aromatic heterocycles. The SMILES string of the molecule is Cc1ccc(C(C)C)c(OCCCn2cc(C=NNc3nc4ccccc4s3)c3ccccc32)c1. The molecule has 0 aliphatic heterocycles. The highest BCUT2D eigenvalue weighted by Gasteiger charge is 2.10. The van der Waals surface area contributed by atoms with E-state index in [4.69, 9.17) is 4.74 Å². The monoisotopic (exact) mass is 482 g/mol. The maximum Gasteiger partial charge on any atom is 0.204 e. The summed E-state index contributed by atoms with van der Waals surface area (Å²) in [6.07, 6.45) is 4.97. The van der Waals surface area contributed by atoms with Crippen LogP contribution in [0.4, 0.5) is 5.13 Å². The molecule has 0 unspecified atom stereocenters. The third-order valence-electron chi connectivity index (χ3n) is 6.07. The van der Waals surface area contributed by atoms with Crippen molar-refractivity contribution >= 4 is 43.8 Å². The number of fused-ring (bicyclic) bond motifs is 2. The number of hydrogen-bond acceptors (Lipinski definition) is 5. The van der Waals surface area contributed by atoms with Gasteiger partial charge in [-0.1, -0.05) is 67.6 Å². The Balaban J connectivity index is 1.26. The Morgan fingerprint density at radius 2 is 1.91 bits per heavy atom. The molecule has 0 aliphatic rings. The van der Waals surface area contributed by atoms with E-state index in [0.29, 0.717) is 12.5 Å². The van der Waals surface area contributed by atoms with Crippen molar-refractivity contribution < 1.29 is 4.74 Å². The maximum absolute atomic E-state index is 6.20. The van der Waals surface area contributed by atoms with Gasteiger partial charge in [0.05, 0.1) is 23.0 Å². The second-order valence-corrected chi connectivity index (χ2v) is 10.1. The number of rotatable bonds is 9. The molecule has 0 fully saturated rings. The summed E-state index contributed by atoms with van der Waals surface area (Å²) in [5.41, 5.74) is 8.85. The summed E-state index contributed by atoms with van der Waals surface area (Å²) < 4.78 is 9.64. The molecule has 0 saturated carbocycles. The Hall–Kier alpha value is -3.64. The Morgan fingerprint density at radius 3 is 2.77 bits per heavy atom. The molecule has 0 saturated heterocycles. The van der Waals surface area contributed by atoms with Gasteiger partial charge in [-0.3, -0.25) is 5.43 Å². The van der Waals surface area contributed by atoms with Crippen LogP contribution in [0.3, 0.4) is 0 Å². The molecule has 178 valence electrons. The van der Waals surface area contributed by atoms with Crippen LogP contribution in [-0.4, -0.2) is 22.4 Å². The summed E-state index contributed by atoms with van der Waals surface area (Å²) in [6.45, 7) is 8.08. The number of nitrogens with one attached hydrogen (secondary N) is 1. The highest BCUT2D eigenvalue weighted by molar-refractivity contribution is 7.22. The molecule has 0 spiro atoms. The fraction of sp³-hybridized carbons (Fsp3) is 0.241. The van der Waals surface area contributed by atoms with E-state index in [2.05, 4.69) is 95.6 Å². The fourth-order valence-electron chi connectivity index (χ4n) is 4.30. The molecule has 0 radical (unpaired) electrons. The summed E-state index contributed by atoms with van der Waals surface area (Å²) in [7, 11) is 0. The van der Waals surface area contributed by atoms with Gasteiger partial charge in [0, 0.05) is 29.2 Å². The van der Waals surface area contributed by atoms with Crippen LogP contribution in [0, 0.1) is 6.92 Å². The van der Waals surface area contributed by atoms with E-state index in [0.717, 1.165) is 39.6 Å². The molecule has 0 atom stereocenters. The molecule has 5 rings (SSSR count). The second kappa shape index (κ2) is 10.3. The van der Waals surface area contributed by atoms with Gasteiger partial charge in [0.15, 0.2) is 0 Å². The number of para-hydroxylation sites is 2. The number of anilines is 1. The number of hydrazone groups is 1. The van der Waals surface area contributed by atoms with E-state index in [9.17, 15) is 0 Å². The van der Waals surface area contributed by atoms with Crippen molar-refractivity contribution in [3.63, 3.8) is 0 Å². The van der Waals surface area contributed by atoms with E-state index in [1.807, 2.05) is 24.4 Å². The Morgan fingerprint density at radius 1 is 1.09 bits per heavy atom. The van der Waals surface area contributed by atoms with Crippen LogP contribution < -0.4 is 10.2 Å². The Kier molecular flexibility index (Phi) is 6.82. The van der Waals surface area contributed by atoms with Crippen molar-refractivity contribution in [2.75, 3.05) is 12.0 Å². The fourth-order valence-corrected chi connectivity index (χ4v) is 5.12. The number of aryl methyl sites for hydroxylation is 2. The third-order valence-corrected chi connectivity index (χ3v) is 7.01. The predicted molar refractivity (Wildman–Crippen MR) is 148 cm³/mol. The summed E-state index contributed by atoms with van der Waals surface area (Å²) in [4.78, 5) is 4.58. The average Bonchev–Trinajstić information content (AvgIpc) is 3.43. The summed E-state index contributed by atoms with van der Waals surface area (Å²) in [5.74, 6) is 1.45. The lowest BCUT2D eigenvalue weighted by molar-refractivity contribution is 0.298. The zero-order chi connectivity index (χ0) is 24.2. The summed E-state index contributed by atoms with van der Waals surface area (Å²) in [5, 5.41) is 6.45. The molecule has 35 heavy (non-hydrogen) atoms. The highest BCUT2D eigenvalue weighted by atomic mass is 32.1. The van der Waals surface area contributed by atoms with Gasteiger partial charge in [-0.2, -0.15) is 5.10 Å². The van der Waals surface area contributed by atoms with Crippen LogP contribution >= 0.6 is 11.3 Å². The van der Waals surface area contributed by atoms with Gasteiger partial charge < -0.3 is 9.30 Å². The lowest BCUT2D eigenvalue weighted by atomic mass is 10.0. The number of nitrogens with zero attached hydrogens (tertiary/aromatic N) is 3. The molecule has 6 heteroatoms. The standard InChI is InChI=1S/C29H30N4OS/c1-20(2)23-14-13-21(3)17-27(23)34-16-8-15-33-19-22(24-9-4-6-11-26(24)33)18-30-32-29-31-25-10-5-7-12-28(25)35-29/h4-7,9-14,17-20H,8,15-16H2,1-3H3,(H,31,32). The molecular weight excluding hydrogens is 452 g/mol. The zero-order valence-corrected chi connectivity index (χ0v) is 21.2. The van der Waals surface area contributed by atoms with E-state index in [1.165, 1.54) is 22.0 Å². The van der Waals surface area contributed by atoms with Crippen LogP contribution in [0.15, 0.2) is 78.0 Å². The molecule has 0 amide bonds. The van der Waals surface area contributed by atoms with Crippen molar-refractivity contribution in [2.24, 2.45) is 5.10 Å². The minimum absolute atomic E-state index is 0.442. The first-order chi connectivity index (χ1) is 17.1. The van der Waals surface area contributed by atoms with Gasteiger partial charge in [-0.15, -0.1) is 0 Å². The van der Waals surface area contributed by atoms with E-state index in [-0.39, 0.29) is 0 Å². The minimum Gasteiger partial charge on any atom is -0.493 e. The molecule has 0 bridgehead atoms. The van der Waals surface area contributed by atoms with Gasteiger partial charge in [0.1, 0.15) is 5.75 Å². The lowest BCUT2D eigenvalue weighted by Crippen LogP contribution is -2.06. The molecular formula is C29H30N4OS. The molecule has 1 N–H and O–H groups in total. The van der Waals surface area contributed by atoms with Gasteiger partial charge in [0.2, 0.25) is 5.13 Å². The summed E-state index contributed by atoms with van der Waals surface area (Å²) >= 11 is 1.60. The van der Waals surface area contributed by atoms with Crippen LogP contribution in [0.5, 0.6) is 5.75 Å². The number of ether oxygens (including phenoxy) is 1. The molecule has 5 aromatic rings. The van der Waals surface area contributed by atoms with Crippen LogP contribution in [0.1, 0.15) is 42.9 Å². The zero-order valence-electron chi connectivity index (χ0n) is 20.4. The third kappa shape index (κ3) is 5.23. The number of benzene rings is 3. The van der Waals surface area contributed by atoms with Crippen molar-refractivity contribution in [3.05, 3.63) is 89.6 Å². The first-order valence-electron chi connectivity index (χ1n) is 12.0. The minimum atomic E-state index is 0.442. The van der Waals surface area contributed by atoms with Gasteiger partial charge in [0.25, 0.3) is 0 Å². The first kappa shape index (κ1) is 23.1. The lowest BCUT2D eigenvalue weighted by Gasteiger charge is -2.15. The van der Waals surface area contributed by atoms with Crippen LogP contribution in [0.25, 0.3) is 21.1 Å². The Labute approximate surface area is 210 Å². The molecule has 5 nitrogen and oxygen atoms in total. The van der Waals surface area contributed by atoms with Crippen LogP contribution in [-0.2, 0) is 6.54 Å². The van der Waals surface area contributed by atoms with Crippen molar-refractivity contribution in [1.82, 2.24) is 9.55 Å². The Bertz CT molecular complexity index is 1450. The van der Waals surface area contributed by atoms with Gasteiger partial charge >= 0.3 is 0 Å². The van der Waals surface area contributed by atoms with Crippen molar-refractivity contribution in [2.45, 2.75) is 39.7 Å². The maximum atomic E-state index is 6.20. The van der Waals surface area contributed by atoms with Crippen molar-refractivity contribution in [3.8, 4) is 5.75 Å². The number of aromatic nitrogens is 2. The highest BCUT2D eigenvalue weighted by Crippen LogP contribution is 2.28. The van der Waals surface area contributed by atoms with E-state index >= 15 is 0 Å². The summed E-state index contributed by atoms with van der Waals surface area (Å²) in [6, 6.07) is 23.0. The van der Waals surface area contributed by atoms with Gasteiger partial charge in [-0.05, 0) is 54.7 Å². The molecule has 2 heterocycles. The number of hydrogen-bond donors (Lipinski definition) is 1.